The van der Waals surface area contributed by atoms with E-state index in [2.05, 4.69) is 9.71 Å². The Hall–Kier alpha value is -1.70. The monoisotopic (exact) mass is 376 g/mol. The Balaban J connectivity index is 1.73. The van der Waals surface area contributed by atoms with E-state index in [4.69, 9.17) is 4.74 Å². The van der Waals surface area contributed by atoms with Crippen molar-refractivity contribution in [3.63, 3.8) is 0 Å². The molecule has 0 unspecified atom stereocenters. The highest BCUT2D eigenvalue weighted by molar-refractivity contribution is 7.89. The Labute approximate surface area is 153 Å². The number of aromatic amines is 1. The SMILES string of the molecule is CCc1cc2c3c([nH]c2cc1S(=O)(=O)NC[C@H]1CCCO1)CCCC3=O. The van der Waals surface area contributed by atoms with E-state index in [0.717, 1.165) is 53.4 Å². The van der Waals surface area contributed by atoms with Gasteiger partial charge in [-0.15, -0.1) is 0 Å². The number of hydrogen-bond donors (Lipinski definition) is 2. The number of hydrogen-bond acceptors (Lipinski definition) is 4. The number of rotatable bonds is 5. The summed E-state index contributed by atoms with van der Waals surface area (Å²) in [6, 6.07) is 3.55. The molecule has 1 atom stereocenters. The zero-order chi connectivity index (χ0) is 18.3. The highest BCUT2D eigenvalue weighted by atomic mass is 32.2. The molecule has 0 spiro atoms. The molecule has 1 aliphatic heterocycles. The first-order chi connectivity index (χ1) is 12.5. The molecule has 1 aromatic heterocycles. The Kier molecular flexibility index (Phi) is 4.62. The van der Waals surface area contributed by atoms with Gasteiger partial charge in [0.05, 0.1) is 11.0 Å². The number of sulfonamides is 1. The average molecular weight is 376 g/mol. The van der Waals surface area contributed by atoms with Crippen molar-refractivity contribution in [2.24, 2.45) is 0 Å². The van der Waals surface area contributed by atoms with Crippen LogP contribution in [0.2, 0.25) is 0 Å². The van der Waals surface area contributed by atoms with Gasteiger partial charge in [-0.1, -0.05) is 6.92 Å². The smallest absolute Gasteiger partial charge is 0.241 e. The number of Topliss-reactive ketones (excluding diaryl/α,β-unsaturated/α-hetero) is 1. The Morgan fingerprint density at radius 3 is 2.85 bits per heavy atom. The maximum Gasteiger partial charge on any atom is 0.241 e. The molecule has 1 saturated heterocycles. The molecule has 0 amide bonds. The molecule has 0 saturated carbocycles. The van der Waals surface area contributed by atoms with Crippen molar-refractivity contribution in [1.82, 2.24) is 9.71 Å². The number of fused-ring (bicyclic) bond motifs is 3. The van der Waals surface area contributed by atoms with Crippen LogP contribution in [0.15, 0.2) is 17.0 Å². The second kappa shape index (κ2) is 6.79. The predicted octanol–water partition coefficient (Wildman–Crippen LogP) is 2.71. The van der Waals surface area contributed by atoms with E-state index in [1.165, 1.54) is 0 Å². The van der Waals surface area contributed by atoms with Crippen LogP contribution in [-0.2, 0) is 27.6 Å². The fourth-order valence-corrected chi connectivity index (χ4v) is 5.37. The lowest BCUT2D eigenvalue weighted by atomic mass is 9.94. The molecule has 2 aliphatic rings. The van der Waals surface area contributed by atoms with E-state index in [9.17, 15) is 13.2 Å². The quantitative estimate of drug-likeness (QED) is 0.840. The summed E-state index contributed by atoms with van der Waals surface area (Å²) in [4.78, 5) is 15.9. The Morgan fingerprint density at radius 1 is 1.27 bits per heavy atom. The maximum atomic E-state index is 12.9. The molecular formula is C19H24N2O4S. The molecule has 2 N–H and O–H groups in total. The van der Waals surface area contributed by atoms with Crippen molar-refractivity contribution in [2.45, 2.75) is 56.4 Å². The third-order valence-electron chi connectivity index (χ3n) is 5.36. The number of ketones is 1. The summed E-state index contributed by atoms with van der Waals surface area (Å²) in [6.07, 6.45) is 4.62. The van der Waals surface area contributed by atoms with E-state index in [1.54, 1.807) is 6.07 Å². The van der Waals surface area contributed by atoms with E-state index >= 15 is 0 Å². The second-order valence-electron chi connectivity index (χ2n) is 7.10. The third-order valence-corrected chi connectivity index (χ3v) is 6.87. The summed E-state index contributed by atoms with van der Waals surface area (Å²) in [5.41, 5.74) is 3.13. The number of aryl methyl sites for hydroxylation is 2. The van der Waals surface area contributed by atoms with Crippen LogP contribution in [0.3, 0.4) is 0 Å². The number of benzene rings is 1. The van der Waals surface area contributed by atoms with E-state index in [-0.39, 0.29) is 16.8 Å². The van der Waals surface area contributed by atoms with Crippen LogP contribution >= 0.6 is 0 Å². The molecular weight excluding hydrogens is 352 g/mol. The lowest BCUT2D eigenvalue weighted by molar-refractivity contribution is 0.0974. The molecule has 0 bridgehead atoms. The van der Waals surface area contributed by atoms with Gasteiger partial charge in [0, 0.05) is 41.7 Å². The summed E-state index contributed by atoms with van der Waals surface area (Å²) in [6.45, 7) is 2.92. The van der Waals surface area contributed by atoms with Gasteiger partial charge in [0.2, 0.25) is 10.0 Å². The van der Waals surface area contributed by atoms with Crippen LogP contribution < -0.4 is 4.72 Å². The second-order valence-corrected chi connectivity index (χ2v) is 8.84. The van der Waals surface area contributed by atoms with Crippen LogP contribution in [0.1, 0.15) is 54.2 Å². The predicted molar refractivity (Wildman–Crippen MR) is 99.1 cm³/mol. The average Bonchev–Trinajstić information content (AvgIpc) is 3.26. The first-order valence-electron chi connectivity index (χ1n) is 9.31. The topological polar surface area (TPSA) is 88.3 Å². The minimum Gasteiger partial charge on any atom is -0.377 e. The van der Waals surface area contributed by atoms with E-state index in [1.807, 2.05) is 13.0 Å². The first kappa shape index (κ1) is 17.7. The van der Waals surface area contributed by atoms with Gasteiger partial charge in [-0.2, -0.15) is 0 Å². The van der Waals surface area contributed by atoms with Gasteiger partial charge < -0.3 is 9.72 Å². The highest BCUT2D eigenvalue weighted by Crippen LogP contribution is 2.32. The molecule has 2 aromatic rings. The molecule has 1 aromatic carbocycles. The highest BCUT2D eigenvalue weighted by Gasteiger charge is 2.26. The van der Waals surface area contributed by atoms with Crippen molar-refractivity contribution >= 4 is 26.7 Å². The summed E-state index contributed by atoms with van der Waals surface area (Å²) in [5.74, 6) is 0.145. The normalized spacial score (nSPS) is 20.7. The van der Waals surface area contributed by atoms with Crippen molar-refractivity contribution < 1.29 is 17.9 Å². The zero-order valence-corrected chi connectivity index (χ0v) is 15.7. The van der Waals surface area contributed by atoms with Gasteiger partial charge in [0.25, 0.3) is 0 Å². The largest absolute Gasteiger partial charge is 0.377 e. The summed E-state index contributed by atoms with van der Waals surface area (Å²) in [7, 11) is -3.63. The molecule has 26 heavy (non-hydrogen) atoms. The van der Waals surface area contributed by atoms with Gasteiger partial charge in [0.15, 0.2) is 5.78 Å². The number of H-pyrrole nitrogens is 1. The minimum absolute atomic E-state index is 0.0472. The van der Waals surface area contributed by atoms with Crippen molar-refractivity contribution in [2.75, 3.05) is 13.2 Å². The Bertz CT molecular complexity index is 956. The minimum atomic E-state index is -3.63. The van der Waals surface area contributed by atoms with Crippen LogP contribution in [0.4, 0.5) is 0 Å². The molecule has 140 valence electrons. The Morgan fingerprint density at radius 2 is 2.12 bits per heavy atom. The van der Waals surface area contributed by atoms with Crippen LogP contribution in [0, 0.1) is 0 Å². The molecule has 0 radical (unpaired) electrons. The van der Waals surface area contributed by atoms with Gasteiger partial charge >= 0.3 is 0 Å². The first-order valence-corrected chi connectivity index (χ1v) is 10.8. The van der Waals surface area contributed by atoms with Crippen LogP contribution in [0.25, 0.3) is 10.9 Å². The van der Waals surface area contributed by atoms with E-state index < -0.39 is 10.0 Å². The molecule has 1 aliphatic carbocycles. The van der Waals surface area contributed by atoms with Gasteiger partial charge in [-0.25, -0.2) is 13.1 Å². The number of nitrogens with one attached hydrogen (secondary N) is 2. The van der Waals surface area contributed by atoms with E-state index in [0.29, 0.717) is 26.0 Å². The zero-order valence-electron chi connectivity index (χ0n) is 14.9. The van der Waals surface area contributed by atoms with Crippen LogP contribution in [-0.4, -0.2) is 38.4 Å². The number of ether oxygens (including phenoxy) is 1. The number of carbonyl (C=O) groups excluding carboxylic acids is 1. The molecule has 6 nitrogen and oxygen atoms in total. The van der Waals surface area contributed by atoms with Gasteiger partial charge in [0.1, 0.15) is 0 Å². The summed E-state index contributed by atoms with van der Waals surface area (Å²) < 4.78 is 33.9. The lowest BCUT2D eigenvalue weighted by Crippen LogP contribution is -2.32. The molecule has 1 fully saturated rings. The maximum absolute atomic E-state index is 12.9. The fraction of sp³-hybridized carbons (Fsp3) is 0.526. The third kappa shape index (κ3) is 3.08. The lowest BCUT2D eigenvalue weighted by Gasteiger charge is -2.14. The summed E-state index contributed by atoms with van der Waals surface area (Å²) in [5, 5.41) is 0.847. The molecule has 4 rings (SSSR count). The van der Waals surface area contributed by atoms with Crippen molar-refractivity contribution in [3.8, 4) is 0 Å². The number of aromatic nitrogens is 1. The van der Waals surface area contributed by atoms with Crippen LogP contribution in [0.5, 0.6) is 0 Å². The number of carbonyl (C=O) groups is 1. The molecule has 2 heterocycles. The molecule has 7 heteroatoms. The van der Waals surface area contributed by atoms with Crippen molar-refractivity contribution in [3.05, 3.63) is 29.0 Å². The summed E-state index contributed by atoms with van der Waals surface area (Å²) >= 11 is 0. The standard InChI is InChI=1S/C19H24N2O4S/c1-2-12-9-14-16(21-15-6-3-7-17(22)19(14)15)10-18(12)26(23,24)20-11-13-5-4-8-25-13/h9-10,13,20-21H,2-8,11H2,1H3/t13-/m1/s1. The van der Waals surface area contributed by atoms with Crippen molar-refractivity contribution in [1.29, 1.82) is 0 Å². The van der Waals surface area contributed by atoms with Gasteiger partial charge in [-0.05, 0) is 49.8 Å². The fourth-order valence-electron chi connectivity index (χ4n) is 3.99. The van der Waals surface area contributed by atoms with Gasteiger partial charge in [-0.3, -0.25) is 4.79 Å².